The van der Waals surface area contributed by atoms with E-state index in [1.54, 1.807) is 6.07 Å². The Hall–Kier alpha value is -1.54. The van der Waals surface area contributed by atoms with Crippen molar-refractivity contribution in [3.63, 3.8) is 0 Å². The Kier molecular flexibility index (Phi) is 2.84. The number of nitrogens with two attached hydrogens (primary N) is 1. The van der Waals surface area contributed by atoms with Crippen molar-refractivity contribution in [3.8, 4) is 11.1 Å². The summed E-state index contributed by atoms with van der Waals surface area (Å²) < 4.78 is 13.7. The fourth-order valence-electron chi connectivity index (χ4n) is 1.60. The summed E-state index contributed by atoms with van der Waals surface area (Å²) in [5, 5.41) is 0.244. The molecule has 0 aliphatic heterocycles. The lowest BCUT2D eigenvalue weighted by molar-refractivity contribution is 0.631. The molecule has 0 aliphatic rings. The van der Waals surface area contributed by atoms with E-state index in [1.807, 2.05) is 31.2 Å². The van der Waals surface area contributed by atoms with E-state index in [-0.39, 0.29) is 10.8 Å². The summed E-state index contributed by atoms with van der Waals surface area (Å²) in [5.41, 5.74) is 8.41. The summed E-state index contributed by atoms with van der Waals surface area (Å²) in [7, 11) is 0. The average Bonchev–Trinajstić information content (AvgIpc) is 2.23. The topological polar surface area (TPSA) is 26.0 Å². The average molecular weight is 236 g/mol. The van der Waals surface area contributed by atoms with E-state index in [9.17, 15) is 4.39 Å². The van der Waals surface area contributed by atoms with Crippen molar-refractivity contribution in [2.24, 2.45) is 0 Å². The molecule has 0 fully saturated rings. The minimum absolute atomic E-state index is 0.244. The van der Waals surface area contributed by atoms with Gasteiger partial charge in [0.2, 0.25) is 0 Å². The third kappa shape index (κ3) is 2.02. The van der Waals surface area contributed by atoms with Crippen molar-refractivity contribution in [2.45, 2.75) is 6.92 Å². The van der Waals surface area contributed by atoms with Crippen molar-refractivity contribution < 1.29 is 4.39 Å². The summed E-state index contributed by atoms with van der Waals surface area (Å²) in [6.45, 7) is 1.96. The molecule has 0 atom stereocenters. The van der Waals surface area contributed by atoms with E-state index in [0.717, 1.165) is 11.1 Å². The van der Waals surface area contributed by atoms with E-state index >= 15 is 0 Å². The van der Waals surface area contributed by atoms with Crippen LogP contribution in [-0.4, -0.2) is 0 Å². The van der Waals surface area contributed by atoms with E-state index in [4.69, 9.17) is 17.3 Å². The molecule has 2 aromatic carbocycles. The second-order valence-electron chi connectivity index (χ2n) is 3.72. The maximum Gasteiger partial charge on any atom is 0.132 e. The van der Waals surface area contributed by atoms with E-state index in [2.05, 4.69) is 0 Å². The Balaban J connectivity index is 2.60. The standard InChI is InChI=1S/C13H11ClFN/c1-8-3-2-4-9(5-8)10-6-13(16)11(14)7-12(10)15/h2-7H,16H2,1H3. The molecule has 3 heteroatoms. The van der Waals surface area contributed by atoms with Crippen LogP contribution < -0.4 is 5.73 Å². The molecule has 0 unspecified atom stereocenters. The Morgan fingerprint density at radius 2 is 1.94 bits per heavy atom. The summed E-state index contributed by atoms with van der Waals surface area (Å²) in [5.74, 6) is -0.357. The van der Waals surface area contributed by atoms with Crippen LogP contribution in [0, 0.1) is 12.7 Å². The number of rotatable bonds is 1. The summed E-state index contributed by atoms with van der Waals surface area (Å²) in [4.78, 5) is 0. The first-order valence-electron chi connectivity index (χ1n) is 4.89. The van der Waals surface area contributed by atoms with Crippen LogP contribution in [0.25, 0.3) is 11.1 Å². The second kappa shape index (κ2) is 4.14. The normalized spacial score (nSPS) is 10.4. The van der Waals surface area contributed by atoms with Gasteiger partial charge in [-0.2, -0.15) is 0 Å². The van der Waals surface area contributed by atoms with Crippen molar-refractivity contribution in [1.29, 1.82) is 0 Å². The van der Waals surface area contributed by atoms with Crippen molar-refractivity contribution in [3.05, 3.63) is 52.8 Å². The predicted octanol–water partition coefficient (Wildman–Crippen LogP) is 4.04. The third-order valence-electron chi connectivity index (χ3n) is 2.42. The van der Waals surface area contributed by atoms with Gasteiger partial charge in [0.05, 0.1) is 10.7 Å². The van der Waals surface area contributed by atoms with Crippen LogP contribution in [0.15, 0.2) is 36.4 Å². The first-order valence-corrected chi connectivity index (χ1v) is 5.27. The van der Waals surface area contributed by atoms with Gasteiger partial charge in [-0.15, -0.1) is 0 Å². The number of aryl methyl sites for hydroxylation is 1. The fraction of sp³-hybridized carbons (Fsp3) is 0.0769. The molecule has 0 saturated heterocycles. The Morgan fingerprint density at radius 3 is 2.62 bits per heavy atom. The fourth-order valence-corrected chi connectivity index (χ4v) is 1.75. The van der Waals surface area contributed by atoms with E-state index in [0.29, 0.717) is 11.3 Å². The molecular weight excluding hydrogens is 225 g/mol. The van der Waals surface area contributed by atoms with Gasteiger partial charge in [0.25, 0.3) is 0 Å². The summed E-state index contributed by atoms with van der Waals surface area (Å²) in [6.07, 6.45) is 0. The van der Waals surface area contributed by atoms with Crippen LogP contribution in [0.2, 0.25) is 5.02 Å². The molecule has 82 valence electrons. The molecule has 0 saturated carbocycles. The van der Waals surface area contributed by atoms with E-state index < -0.39 is 0 Å². The van der Waals surface area contributed by atoms with Crippen LogP contribution >= 0.6 is 11.6 Å². The van der Waals surface area contributed by atoms with Crippen LogP contribution in [0.1, 0.15) is 5.56 Å². The number of hydrogen-bond acceptors (Lipinski definition) is 1. The van der Waals surface area contributed by atoms with Gasteiger partial charge in [-0.05, 0) is 24.6 Å². The highest BCUT2D eigenvalue weighted by molar-refractivity contribution is 6.33. The predicted molar refractivity (Wildman–Crippen MR) is 66.0 cm³/mol. The zero-order chi connectivity index (χ0) is 11.7. The molecule has 0 aliphatic carbocycles. The molecule has 2 N–H and O–H groups in total. The van der Waals surface area contributed by atoms with Gasteiger partial charge in [-0.25, -0.2) is 4.39 Å². The first-order chi connectivity index (χ1) is 7.58. The highest BCUT2D eigenvalue weighted by Gasteiger charge is 2.08. The SMILES string of the molecule is Cc1cccc(-c2cc(N)c(Cl)cc2F)c1. The monoisotopic (exact) mass is 235 g/mol. The lowest BCUT2D eigenvalue weighted by Gasteiger charge is -2.07. The van der Waals surface area contributed by atoms with Crippen molar-refractivity contribution >= 4 is 17.3 Å². The number of halogens is 2. The molecule has 2 aromatic rings. The van der Waals surface area contributed by atoms with Crippen LogP contribution in [0.4, 0.5) is 10.1 Å². The van der Waals surface area contributed by atoms with Gasteiger partial charge < -0.3 is 5.73 Å². The van der Waals surface area contributed by atoms with Crippen molar-refractivity contribution in [2.75, 3.05) is 5.73 Å². The lowest BCUT2D eigenvalue weighted by Crippen LogP contribution is -1.91. The molecule has 0 aromatic heterocycles. The Morgan fingerprint density at radius 1 is 1.19 bits per heavy atom. The Labute approximate surface area is 98.7 Å². The number of nitrogen functional groups attached to an aromatic ring is 1. The summed E-state index contributed by atoms with van der Waals surface area (Å²) >= 11 is 5.74. The molecule has 1 nitrogen and oxygen atoms in total. The minimum atomic E-state index is -0.357. The van der Waals surface area contributed by atoms with Gasteiger partial charge in [0.15, 0.2) is 0 Å². The largest absolute Gasteiger partial charge is 0.398 e. The Bertz CT molecular complexity index is 537. The molecule has 0 radical (unpaired) electrons. The number of benzene rings is 2. The van der Waals surface area contributed by atoms with Crippen LogP contribution in [0.3, 0.4) is 0 Å². The highest BCUT2D eigenvalue weighted by atomic mass is 35.5. The van der Waals surface area contributed by atoms with Crippen molar-refractivity contribution in [1.82, 2.24) is 0 Å². The zero-order valence-corrected chi connectivity index (χ0v) is 9.55. The van der Waals surface area contributed by atoms with Gasteiger partial charge in [-0.1, -0.05) is 41.4 Å². The smallest absolute Gasteiger partial charge is 0.132 e. The van der Waals surface area contributed by atoms with Gasteiger partial charge in [-0.3, -0.25) is 0 Å². The van der Waals surface area contributed by atoms with Crippen LogP contribution in [0.5, 0.6) is 0 Å². The van der Waals surface area contributed by atoms with Gasteiger partial charge >= 0.3 is 0 Å². The lowest BCUT2D eigenvalue weighted by atomic mass is 10.0. The highest BCUT2D eigenvalue weighted by Crippen LogP contribution is 2.30. The summed E-state index contributed by atoms with van der Waals surface area (Å²) in [6, 6.07) is 10.4. The number of anilines is 1. The molecule has 2 rings (SSSR count). The minimum Gasteiger partial charge on any atom is -0.398 e. The molecular formula is C13H11ClFN. The first kappa shape index (κ1) is 11.0. The third-order valence-corrected chi connectivity index (χ3v) is 2.74. The molecule has 0 heterocycles. The maximum atomic E-state index is 13.7. The maximum absolute atomic E-state index is 13.7. The second-order valence-corrected chi connectivity index (χ2v) is 4.13. The van der Waals surface area contributed by atoms with Gasteiger partial charge in [0, 0.05) is 5.56 Å². The number of hydrogen-bond donors (Lipinski definition) is 1. The van der Waals surface area contributed by atoms with Gasteiger partial charge in [0.1, 0.15) is 5.82 Å². The zero-order valence-electron chi connectivity index (χ0n) is 8.80. The molecule has 0 spiro atoms. The molecule has 16 heavy (non-hydrogen) atoms. The van der Waals surface area contributed by atoms with Crippen LogP contribution in [-0.2, 0) is 0 Å². The quantitative estimate of drug-likeness (QED) is 0.742. The van der Waals surface area contributed by atoms with E-state index in [1.165, 1.54) is 6.07 Å². The molecule has 0 bridgehead atoms. The molecule has 0 amide bonds.